The fourth-order valence-corrected chi connectivity index (χ4v) is 1.99. The summed E-state index contributed by atoms with van der Waals surface area (Å²) in [7, 11) is 5.12. The van der Waals surface area contributed by atoms with E-state index in [0.717, 1.165) is 9.99 Å². The number of nitrogens with one attached hydrogen (secondary N) is 1. The molecule has 0 aliphatic carbocycles. The van der Waals surface area contributed by atoms with Crippen LogP contribution in [0.4, 0.5) is 5.95 Å². The van der Waals surface area contributed by atoms with Gasteiger partial charge in [0.1, 0.15) is 0 Å². The van der Waals surface area contributed by atoms with Gasteiger partial charge in [-0.3, -0.25) is 0 Å². The first kappa shape index (κ1) is 11.9. The summed E-state index contributed by atoms with van der Waals surface area (Å²) in [6.45, 7) is 0. The molecule has 0 atom stereocenters. The van der Waals surface area contributed by atoms with Crippen LogP contribution in [0.15, 0.2) is 16.6 Å². The number of esters is 1. The minimum atomic E-state index is -0.384. The number of rotatable bonds is 2. The Kier molecular flexibility index (Phi) is 3.06. The van der Waals surface area contributed by atoms with E-state index in [2.05, 4.69) is 25.9 Å². The second-order valence-electron chi connectivity index (χ2n) is 3.79. The summed E-state index contributed by atoms with van der Waals surface area (Å²) in [5, 5.41) is 0. The maximum atomic E-state index is 11.7. The van der Waals surface area contributed by atoms with Gasteiger partial charge in [0.25, 0.3) is 0 Å². The van der Waals surface area contributed by atoms with E-state index in [1.807, 2.05) is 25.1 Å². The Labute approximate surface area is 107 Å². The molecular weight excluding hydrogens is 286 g/mol. The van der Waals surface area contributed by atoms with Crippen LogP contribution in [0, 0.1) is 0 Å². The van der Waals surface area contributed by atoms with Crippen molar-refractivity contribution in [2.24, 2.45) is 0 Å². The van der Waals surface area contributed by atoms with Crippen LogP contribution in [-0.4, -0.2) is 37.1 Å². The zero-order valence-electron chi connectivity index (χ0n) is 9.74. The van der Waals surface area contributed by atoms with Crippen molar-refractivity contribution in [2.75, 3.05) is 26.1 Å². The largest absolute Gasteiger partial charge is 0.465 e. The Morgan fingerprint density at radius 1 is 1.47 bits per heavy atom. The second-order valence-corrected chi connectivity index (χ2v) is 4.71. The van der Waals surface area contributed by atoms with Crippen LogP contribution in [-0.2, 0) is 4.74 Å². The summed E-state index contributed by atoms with van der Waals surface area (Å²) >= 11 is 3.35. The number of carbonyl (C=O) groups excluding carboxylic acids is 1. The molecule has 0 fully saturated rings. The van der Waals surface area contributed by atoms with Gasteiger partial charge in [-0.1, -0.05) is 15.9 Å². The first-order valence-electron chi connectivity index (χ1n) is 4.98. The molecule has 0 spiro atoms. The molecule has 1 N–H and O–H groups in total. The zero-order chi connectivity index (χ0) is 12.6. The molecule has 0 saturated carbocycles. The standard InChI is InChI=1S/C11H12BrN3O2/c1-15(2)11-13-8-5-6(12)4-7(9(8)14-11)10(16)17-3/h4-5H,1-3H3,(H,13,14). The number of benzene rings is 1. The average molecular weight is 298 g/mol. The minimum absolute atomic E-state index is 0.384. The van der Waals surface area contributed by atoms with Gasteiger partial charge in [-0.15, -0.1) is 0 Å². The molecule has 0 radical (unpaired) electrons. The second kappa shape index (κ2) is 4.37. The lowest BCUT2D eigenvalue weighted by Gasteiger charge is -2.05. The third kappa shape index (κ3) is 2.12. The molecule has 0 aliphatic heterocycles. The van der Waals surface area contributed by atoms with Crippen LogP contribution in [0.3, 0.4) is 0 Å². The fraction of sp³-hybridized carbons (Fsp3) is 0.273. The van der Waals surface area contributed by atoms with Crippen LogP contribution >= 0.6 is 15.9 Å². The number of H-pyrrole nitrogens is 1. The number of hydrogen-bond acceptors (Lipinski definition) is 4. The number of nitrogens with zero attached hydrogens (tertiary/aromatic N) is 2. The summed E-state index contributed by atoms with van der Waals surface area (Å²) in [4.78, 5) is 21.0. The lowest BCUT2D eigenvalue weighted by molar-refractivity contribution is 0.0602. The van der Waals surface area contributed by atoms with Gasteiger partial charge in [-0.2, -0.15) is 0 Å². The number of imidazole rings is 1. The molecule has 6 heteroatoms. The molecule has 5 nitrogen and oxygen atoms in total. The summed E-state index contributed by atoms with van der Waals surface area (Å²) in [5.41, 5.74) is 1.88. The molecule has 0 aliphatic rings. The molecule has 0 saturated heterocycles. The zero-order valence-corrected chi connectivity index (χ0v) is 11.3. The minimum Gasteiger partial charge on any atom is -0.465 e. The van der Waals surface area contributed by atoms with Gasteiger partial charge in [0.2, 0.25) is 5.95 Å². The van der Waals surface area contributed by atoms with Crippen molar-refractivity contribution in [3.05, 3.63) is 22.2 Å². The topological polar surface area (TPSA) is 58.2 Å². The van der Waals surface area contributed by atoms with E-state index in [1.54, 1.807) is 6.07 Å². The molecule has 0 amide bonds. The van der Waals surface area contributed by atoms with Gasteiger partial charge in [-0.05, 0) is 12.1 Å². The number of aromatic nitrogens is 2. The predicted molar refractivity (Wildman–Crippen MR) is 69.5 cm³/mol. The van der Waals surface area contributed by atoms with Crippen LogP contribution in [0.1, 0.15) is 10.4 Å². The van der Waals surface area contributed by atoms with Gasteiger partial charge in [0.15, 0.2) is 0 Å². The van der Waals surface area contributed by atoms with Crippen LogP contribution < -0.4 is 4.90 Å². The average Bonchev–Trinajstić information content (AvgIpc) is 2.70. The first-order chi connectivity index (χ1) is 8.02. The molecule has 17 heavy (non-hydrogen) atoms. The smallest absolute Gasteiger partial charge is 0.340 e. The Morgan fingerprint density at radius 3 is 2.76 bits per heavy atom. The Balaban J connectivity index is 2.69. The van der Waals surface area contributed by atoms with E-state index in [-0.39, 0.29) is 5.97 Å². The summed E-state index contributed by atoms with van der Waals surface area (Å²) < 4.78 is 5.54. The van der Waals surface area contributed by atoms with Crippen LogP contribution in [0.2, 0.25) is 0 Å². The fourth-order valence-electron chi connectivity index (χ4n) is 1.55. The Bertz CT molecular complexity index is 577. The lowest BCUT2D eigenvalue weighted by atomic mass is 10.2. The van der Waals surface area contributed by atoms with Crippen molar-refractivity contribution in [2.45, 2.75) is 0 Å². The first-order valence-corrected chi connectivity index (χ1v) is 5.77. The van der Waals surface area contributed by atoms with E-state index < -0.39 is 0 Å². The van der Waals surface area contributed by atoms with Gasteiger partial charge in [-0.25, -0.2) is 9.78 Å². The van der Waals surface area contributed by atoms with E-state index in [9.17, 15) is 4.79 Å². The Hall–Kier alpha value is -1.56. The highest BCUT2D eigenvalue weighted by atomic mass is 79.9. The van der Waals surface area contributed by atoms with Crippen molar-refractivity contribution < 1.29 is 9.53 Å². The van der Waals surface area contributed by atoms with Gasteiger partial charge in [0.05, 0.1) is 23.7 Å². The van der Waals surface area contributed by atoms with Crippen molar-refractivity contribution in [1.29, 1.82) is 0 Å². The molecule has 2 aromatic rings. The maximum absolute atomic E-state index is 11.7. The van der Waals surface area contributed by atoms with E-state index in [0.29, 0.717) is 17.0 Å². The quantitative estimate of drug-likeness (QED) is 0.863. The third-order valence-corrected chi connectivity index (χ3v) is 2.83. The number of halogens is 1. The van der Waals surface area contributed by atoms with Gasteiger partial charge in [0, 0.05) is 18.6 Å². The van der Waals surface area contributed by atoms with E-state index in [4.69, 9.17) is 4.74 Å². The molecule has 90 valence electrons. The van der Waals surface area contributed by atoms with Crippen molar-refractivity contribution in [3.63, 3.8) is 0 Å². The summed E-state index contributed by atoms with van der Waals surface area (Å²) in [6.07, 6.45) is 0. The molecule has 0 unspecified atom stereocenters. The molecule has 1 heterocycles. The van der Waals surface area contributed by atoms with Gasteiger partial charge >= 0.3 is 5.97 Å². The predicted octanol–water partition coefficient (Wildman–Crippen LogP) is 2.18. The number of aromatic amines is 1. The number of anilines is 1. The highest BCUT2D eigenvalue weighted by Gasteiger charge is 2.15. The van der Waals surface area contributed by atoms with Crippen LogP contribution in [0.25, 0.3) is 11.0 Å². The summed E-state index contributed by atoms with van der Waals surface area (Å²) in [6, 6.07) is 3.57. The van der Waals surface area contributed by atoms with Crippen molar-refractivity contribution in [1.82, 2.24) is 9.97 Å². The number of ether oxygens (including phenoxy) is 1. The monoisotopic (exact) mass is 297 g/mol. The van der Waals surface area contributed by atoms with Gasteiger partial charge < -0.3 is 14.6 Å². The highest BCUT2D eigenvalue weighted by Crippen LogP contribution is 2.25. The normalized spacial score (nSPS) is 10.6. The number of methoxy groups -OCH3 is 1. The third-order valence-electron chi connectivity index (χ3n) is 2.37. The van der Waals surface area contributed by atoms with E-state index >= 15 is 0 Å². The summed E-state index contributed by atoms with van der Waals surface area (Å²) in [5.74, 6) is 0.313. The molecule has 2 rings (SSSR count). The number of fused-ring (bicyclic) bond motifs is 1. The number of carbonyl (C=O) groups is 1. The lowest BCUT2D eigenvalue weighted by Crippen LogP contribution is -2.10. The maximum Gasteiger partial charge on any atom is 0.340 e. The molecule has 0 bridgehead atoms. The molecule has 1 aromatic carbocycles. The highest BCUT2D eigenvalue weighted by molar-refractivity contribution is 9.10. The van der Waals surface area contributed by atoms with Crippen molar-refractivity contribution >= 4 is 38.9 Å². The van der Waals surface area contributed by atoms with Crippen molar-refractivity contribution in [3.8, 4) is 0 Å². The van der Waals surface area contributed by atoms with E-state index in [1.165, 1.54) is 7.11 Å². The Morgan fingerprint density at radius 2 is 2.18 bits per heavy atom. The molecular formula is C11H12BrN3O2. The van der Waals surface area contributed by atoms with Crippen LogP contribution in [0.5, 0.6) is 0 Å². The SMILES string of the molecule is COC(=O)c1cc(Br)cc2nc(N(C)C)[nH]c12. The number of hydrogen-bond donors (Lipinski definition) is 1. The molecule has 1 aromatic heterocycles.